The third kappa shape index (κ3) is 6.58. The first-order valence-electron chi connectivity index (χ1n) is 8.90. The second kappa shape index (κ2) is 11.2. The zero-order chi connectivity index (χ0) is 19.5. The molecule has 6 heteroatoms. The molecule has 144 valence electrons. The molecule has 3 aromatic rings. The van der Waals surface area contributed by atoms with E-state index in [1.165, 1.54) is 15.6 Å². The number of carbonyl (C=O) groups is 1. The van der Waals surface area contributed by atoms with E-state index in [1.54, 1.807) is 18.3 Å². The summed E-state index contributed by atoms with van der Waals surface area (Å²) in [7, 11) is 1.98. The normalized spacial score (nSPS) is 11.3. The molecule has 0 aliphatic heterocycles. The fourth-order valence-corrected chi connectivity index (χ4v) is 3.39. The summed E-state index contributed by atoms with van der Waals surface area (Å²) in [6.45, 7) is 2.99. The number of ether oxygens (including phenoxy) is 2. The molecule has 1 atom stereocenters. The van der Waals surface area contributed by atoms with Crippen LogP contribution in [-0.2, 0) is 4.74 Å². The predicted octanol–water partition coefficient (Wildman–Crippen LogP) is 4.73. The van der Waals surface area contributed by atoms with Gasteiger partial charge in [0.05, 0.1) is 6.61 Å². The first-order valence-corrected chi connectivity index (χ1v) is 9.78. The fourth-order valence-electron chi connectivity index (χ4n) is 2.60. The number of benzene rings is 2. The van der Waals surface area contributed by atoms with Gasteiger partial charge in [0.1, 0.15) is 11.9 Å². The Morgan fingerprint density at radius 3 is 2.56 bits per heavy atom. The minimum absolute atomic E-state index is 0.100. The van der Waals surface area contributed by atoms with Gasteiger partial charge < -0.3 is 20.5 Å². The fraction of sp³-hybridized carbons (Fsp3) is 0.286. The lowest BCUT2D eigenvalue weighted by molar-refractivity contribution is 0.163. The average molecular weight is 387 g/mol. The highest BCUT2D eigenvalue weighted by atomic mass is 32.1. The number of thiophene rings is 1. The maximum absolute atomic E-state index is 9.60. The van der Waals surface area contributed by atoms with Crippen molar-refractivity contribution in [2.75, 3.05) is 20.2 Å². The third-order valence-electron chi connectivity index (χ3n) is 3.82. The maximum Gasteiger partial charge on any atom is 0.404 e. The van der Waals surface area contributed by atoms with E-state index >= 15 is 0 Å². The summed E-state index contributed by atoms with van der Waals surface area (Å²) in [6, 6.07) is 18.8. The van der Waals surface area contributed by atoms with E-state index in [2.05, 4.69) is 75.8 Å². The van der Waals surface area contributed by atoms with Gasteiger partial charge in [-0.25, -0.2) is 4.79 Å². The van der Waals surface area contributed by atoms with Gasteiger partial charge in [0.15, 0.2) is 0 Å². The van der Waals surface area contributed by atoms with Gasteiger partial charge in [-0.3, -0.25) is 0 Å². The minimum atomic E-state index is -0.711. The van der Waals surface area contributed by atoms with E-state index in [1.807, 2.05) is 7.05 Å². The number of amides is 1. The predicted molar refractivity (Wildman–Crippen MR) is 111 cm³/mol. The van der Waals surface area contributed by atoms with Gasteiger partial charge in [0.2, 0.25) is 0 Å². The van der Waals surface area contributed by atoms with Gasteiger partial charge in [-0.2, -0.15) is 0 Å². The van der Waals surface area contributed by atoms with E-state index in [-0.39, 0.29) is 6.10 Å². The summed E-state index contributed by atoms with van der Waals surface area (Å²) in [5.41, 5.74) is 4.54. The quantitative estimate of drug-likeness (QED) is 0.615. The van der Waals surface area contributed by atoms with Crippen LogP contribution in [0.15, 0.2) is 60.0 Å². The summed E-state index contributed by atoms with van der Waals surface area (Å²) in [5, 5.41) is 7.70. The van der Waals surface area contributed by atoms with Gasteiger partial charge in [0.25, 0.3) is 0 Å². The molecular weight excluding hydrogens is 360 g/mol. The summed E-state index contributed by atoms with van der Waals surface area (Å²) in [5.74, 6) is 0.961. The SMILES string of the molecule is CCOC(N)=O.CNCC[C@H](Oc1cccc2ccccc12)c1cccs1. The van der Waals surface area contributed by atoms with E-state index < -0.39 is 6.09 Å². The molecule has 0 fully saturated rings. The summed E-state index contributed by atoms with van der Waals surface area (Å²) in [6.07, 6.45) is 0.348. The molecule has 0 aliphatic rings. The molecule has 0 aliphatic carbocycles. The molecule has 0 radical (unpaired) electrons. The van der Waals surface area contributed by atoms with Gasteiger partial charge in [-0.15, -0.1) is 11.3 Å². The second-order valence-corrected chi connectivity index (χ2v) is 6.72. The molecule has 0 unspecified atom stereocenters. The Bertz CT molecular complexity index is 816. The van der Waals surface area contributed by atoms with Crippen molar-refractivity contribution in [1.29, 1.82) is 0 Å². The van der Waals surface area contributed by atoms with Crippen LogP contribution in [0.3, 0.4) is 0 Å². The highest BCUT2D eigenvalue weighted by molar-refractivity contribution is 7.10. The molecule has 1 aromatic heterocycles. The molecule has 27 heavy (non-hydrogen) atoms. The molecule has 1 amide bonds. The van der Waals surface area contributed by atoms with E-state index in [4.69, 9.17) is 4.74 Å². The van der Waals surface area contributed by atoms with E-state index in [0.29, 0.717) is 6.61 Å². The lowest BCUT2D eigenvalue weighted by Gasteiger charge is -2.19. The summed E-state index contributed by atoms with van der Waals surface area (Å²) >= 11 is 1.75. The first-order chi connectivity index (χ1) is 13.2. The monoisotopic (exact) mass is 386 g/mol. The van der Waals surface area contributed by atoms with E-state index in [0.717, 1.165) is 18.7 Å². The molecule has 0 saturated carbocycles. The lowest BCUT2D eigenvalue weighted by atomic mass is 10.1. The number of fused-ring (bicyclic) bond motifs is 1. The van der Waals surface area contributed by atoms with Crippen LogP contribution in [0.1, 0.15) is 24.3 Å². The number of carbonyl (C=O) groups excluding carboxylic acids is 1. The molecule has 0 spiro atoms. The number of hydrogen-bond acceptors (Lipinski definition) is 5. The van der Waals surface area contributed by atoms with Crippen LogP contribution in [0.4, 0.5) is 4.79 Å². The highest BCUT2D eigenvalue weighted by Crippen LogP contribution is 2.32. The molecule has 0 saturated heterocycles. The van der Waals surface area contributed by atoms with Crippen molar-refractivity contribution < 1.29 is 14.3 Å². The Morgan fingerprint density at radius 2 is 1.93 bits per heavy atom. The van der Waals surface area contributed by atoms with Crippen LogP contribution in [0.5, 0.6) is 5.75 Å². The molecule has 0 bridgehead atoms. The van der Waals surface area contributed by atoms with Crippen LogP contribution < -0.4 is 15.8 Å². The van der Waals surface area contributed by atoms with Crippen molar-refractivity contribution in [3.05, 3.63) is 64.9 Å². The number of rotatable bonds is 7. The summed E-state index contributed by atoms with van der Waals surface area (Å²) < 4.78 is 10.5. The number of hydrogen-bond donors (Lipinski definition) is 2. The zero-order valence-corrected chi connectivity index (χ0v) is 16.5. The van der Waals surface area contributed by atoms with Crippen molar-refractivity contribution in [2.45, 2.75) is 19.4 Å². The van der Waals surface area contributed by atoms with Gasteiger partial charge in [-0.05, 0) is 43.4 Å². The average Bonchev–Trinajstić information content (AvgIpc) is 3.20. The highest BCUT2D eigenvalue weighted by Gasteiger charge is 2.15. The lowest BCUT2D eigenvalue weighted by Crippen LogP contribution is -2.15. The molecule has 2 aromatic carbocycles. The molecule has 3 rings (SSSR count). The Hall–Kier alpha value is -2.57. The zero-order valence-electron chi connectivity index (χ0n) is 15.7. The van der Waals surface area contributed by atoms with Gasteiger partial charge >= 0.3 is 6.09 Å². The molecule has 1 heterocycles. The van der Waals surface area contributed by atoms with Crippen molar-refractivity contribution in [3.8, 4) is 5.75 Å². The smallest absolute Gasteiger partial charge is 0.404 e. The Kier molecular flexibility index (Phi) is 8.61. The first kappa shape index (κ1) is 20.7. The number of nitrogens with two attached hydrogens (primary N) is 1. The number of nitrogens with one attached hydrogen (secondary N) is 1. The molecule has 3 N–H and O–H groups in total. The van der Waals surface area contributed by atoms with Crippen LogP contribution in [0.25, 0.3) is 10.8 Å². The van der Waals surface area contributed by atoms with Crippen LogP contribution in [0, 0.1) is 0 Å². The van der Waals surface area contributed by atoms with Crippen molar-refractivity contribution >= 4 is 28.2 Å². The van der Waals surface area contributed by atoms with Crippen molar-refractivity contribution in [2.24, 2.45) is 5.73 Å². The van der Waals surface area contributed by atoms with Gasteiger partial charge in [0, 0.05) is 16.7 Å². The topological polar surface area (TPSA) is 73.6 Å². The van der Waals surface area contributed by atoms with Crippen LogP contribution >= 0.6 is 11.3 Å². The Balaban J connectivity index is 0.000000380. The largest absolute Gasteiger partial charge is 0.484 e. The number of primary amides is 1. The molecule has 5 nitrogen and oxygen atoms in total. The van der Waals surface area contributed by atoms with Crippen LogP contribution in [-0.4, -0.2) is 26.3 Å². The van der Waals surface area contributed by atoms with E-state index in [9.17, 15) is 4.79 Å². The van der Waals surface area contributed by atoms with Crippen molar-refractivity contribution in [1.82, 2.24) is 5.32 Å². The summed E-state index contributed by atoms with van der Waals surface area (Å²) in [4.78, 5) is 10.9. The second-order valence-electron chi connectivity index (χ2n) is 5.74. The van der Waals surface area contributed by atoms with Crippen LogP contribution in [0.2, 0.25) is 0 Å². The Labute approximate surface area is 164 Å². The molecular formula is C21H26N2O3S. The van der Waals surface area contributed by atoms with Crippen molar-refractivity contribution in [3.63, 3.8) is 0 Å². The minimum Gasteiger partial charge on any atom is -0.484 e. The Morgan fingerprint density at radius 1 is 1.15 bits per heavy atom. The van der Waals surface area contributed by atoms with Gasteiger partial charge in [-0.1, -0.05) is 42.5 Å². The standard InChI is InChI=1S/C18H19NOS.C3H7NO2/c1-19-12-11-17(18-10-5-13-21-18)20-16-9-4-7-14-6-2-3-8-15(14)16;1-2-6-3(4)5/h2-10,13,17,19H,11-12H2,1H3;2H2,1H3,(H2,4,5)/t17-;/m0./s1. The third-order valence-corrected chi connectivity index (χ3v) is 4.79. The maximum atomic E-state index is 9.60.